The third kappa shape index (κ3) is 4.17. The first kappa shape index (κ1) is 13.7. The highest BCUT2D eigenvalue weighted by atomic mass is 15.2. The van der Waals surface area contributed by atoms with Crippen LogP contribution in [-0.4, -0.2) is 26.0 Å². The maximum Gasteiger partial charge on any atom is 0.122 e. The lowest BCUT2D eigenvalue weighted by Gasteiger charge is -2.23. The molecule has 0 amide bonds. The summed E-state index contributed by atoms with van der Waals surface area (Å²) in [7, 11) is 2.04. The molecule has 0 radical (unpaired) electrons. The van der Waals surface area contributed by atoms with Crippen LogP contribution in [0.4, 0.5) is 0 Å². The van der Waals surface area contributed by atoms with E-state index in [0.717, 1.165) is 31.2 Å². The molecule has 0 unspecified atom stereocenters. The highest BCUT2D eigenvalue weighted by Crippen LogP contribution is 2.09. The number of rotatable bonds is 6. The van der Waals surface area contributed by atoms with E-state index in [1.54, 1.807) is 0 Å². The summed E-state index contributed by atoms with van der Waals surface area (Å²) in [5, 5.41) is 0. The molecule has 102 valence electrons. The van der Waals surface area contributed by atoms with Gasteiger partial charge in [-0.15, -0.1) is 0 Å². The Balaban J connectivity index is 2.06. The number of aromatic nitrogens is 3. The fraction of sp³-hybridized carbons (Fsp3) is 0.467. The topological polar surface area (TPSA) is 34.0 Å². The van der Waals surface area contributed by atoms with Crippen LogP contribution in [0, 0.1) is 5.92 Å². The Kier molecular flexibility index (Phi) is 4.68. The van der Waals surface area contributed by atoms with Crippen molar-refractivity contribution in [3.05, 3.63) is 48.3 Å². The molecular formula is C15H22N4. The molecule has 0 aliphatic rings. The number of nitrogens with zero attached hydrogens (tertiary/aromatic N) is 4. The summed E-state index contributed by atoms with van der Waals surface area (Å²) >= 11 is 0. The summed E-state index contributed by atoms with van der Waals surface area (Å²) in [6.45, 7) is 7.25. The summed E-state index contributed by atoms with van der Waals surface area (Å²) in [5.41, 5.74) is 1.11. The molecule has 2 rings (SSSR count). The van der Waals surface area contributed by atoms with E-state index in [0.29, 0.717) is 5.92 Å². The van der Waals surface area contributed by atoms with E-state index in [2.05, 4.69) is 39.3 Å². The van der Waals surface area contributed by atoms with Crippen LogP contribution in [0.25, 0.3) is 0 Å². The van der Waals surface area contributed by atoms with Gasteiger partial charge in [-0.3, -0.25) is 9.88 Å². The van der Waals surface area contributed by atoms with Crippen LogP contribution in [0.2, 0.25) is 0 Å². The Morgan fingerprint density at radius 3 is 2.58 bits per heavy atom. The van der Waals surface area contributed by atoms with Crippen molar-refractivity contribution in [1.29, 1.82) is 0 Å². The summed E-state index contributed by atoms with van der Waals surface area (Å²) in [6, 6.07) is 6.07. The zero-order valence-corrected chi connectivity index (χ0v) is 12.0. The van der Waals surface area contributed by atoms with Gasteiger partial charge in [-0.2, -0.15) is 0 Å². The standard InChI is InChI=1S/C15H22N4/c1-13(2)10-19(11-14-6-4-5-7-16-14)12-15-17-8-9-18(15)3/h4-9,13H,10-12H2,1-3H3. The molecule has 4 nitrogen and oxygen atoms in total. The lowest BCUT2D eigenvalue weighted by Crippen LogP contribution is -2.28. The number of pyridine rings is 1. The van der Waals surface area contributed by atoms with Gasteiger partial charge in [0.2, 0.25) is 0 Å². The monoisotopic (exact) mass is 258 g/mol. The van der Waals surface area contributed by atoms with Gasteiger partial charge in [-0.05, 0) is 18.1 Å². The van der Waals surface area contributed by atoms with Crippen LogP contribution in [0.5, 0.6) is 0 Å². The van der Waals surface area contributed by atoms with E-state index in [9.17, 15) is 0 Å². The minimum absolute atomic E-state index is 0.629. The fourth-order valence-corrected chi connectivity index (χ4v) is 2.17. The van der Waals surface area contributed by atoms with Gasteiger partial charge < -0.3 is 4.57 Å². The second kappa shape index (κ2) is 6.48. The first-order chi connectivity index (χ1) is 9.15. The number of hydrogen-bond donors (Lipinski definition) is 0. The molecule has 2 aromatic rings. The molecule has 0 aliphatic carbocycles. The number of imidazole rings is 1. The molecule has 0 bridgehead atoms. The van der Waals surface area contributed by atoms with Crippen molar-refractivity contribution in [3.8, 4) is 0 Å². The van der Waals surface area contributed by atoms with Crippen LogP contribution in [-0.2, 0) is 20.1 Å². The highest BCUT2D eigenvalue weighted by Gasteiger charge is 2.12. The van der Waals surface area contributed by atoms with Crippen LogP contribution < -0.4 is 0 Å². The van der Waals surface area contributed by atoms with E-state index in [-0.39, 0.29) is 0 Å². The van der Waals surface area contributed by atoms with Crippen LogP contribution in [0.3, 0.4) is 0 Å². The smallest absolute Gasteiger partial charge is 0.122 e. The first-order valence-corrected chi connectivity index (χ1v) is 6.73. The molecule has 0 saturated heterocycles. The molecule has 0 N–H and O–H groups in total. The molecule has 0 aliphatic heterocycles. The SMILES string of the molecule is CC(C)CN(Cc1ccccn1)Cc1nccn1C. The Morgan fingerprint density at radius 1 is 1.16 bits per heavy atom. The predicted molar refractivity (Wildman–Crippen MR) is 76.4 cm³/mol. The van der Waals surface area contributed by atoms with Gasteiger partial charge in [0.25, 0.3) is 0 Å². The predicted octanol–water partition coefficient (Wildman–Crippen LogP) is 2.47. The van der Waals surface area contributed by atoms with Crippen molar-refractivity contribution in [2.24, 2.45) is 13.0 Å². The third-order valence-corrected chi connectivity index (χ3v) is 3.02. The van der Waals surface area contributed by atoms with Gasteiger partial charge >= 0.3 is 0 Å². The summed E-state index contributed by atoms with van der Waals surface area (Å²) in [4.78, 5) is 11.2. The minimum atomic E-state index is 0.629. The molecular weight excluding hydrogens is 236 g/mol. The zero-order chi connectivity index (χ0) is 13.7. The Morgan fingerprint density at radius 2 is 2.00 bits per heavy atom. The minimum Gasteiger partial charge on any atom is -0.337 e. The lowest BCUT2D eigenvalue weighted by atomic mass is 10.2. The van der Waals surface area contributed by atoms with Gasteiger partial charge in [0, 0.05) is 38.7 Å². The van der Waals surface area contributed by atoms with E-state index in [1.165, 1.54) is 0 Å². The van der Waals surface area contributed by atoms with Gasteiger partial charge in [0.05, 0.1) is 12.2 Å². The normalized spacial score (nSPS) is 11.4. The average molecular weight is 258 g/mol. The van der Waals surface area contributed by atoms with Crippen LogP contribution >= 0.6 is 0 Å². The van der Waals surface area contributed by atoms with Crippen LogP contribution in [0.1, 0.15) is 25.4 Å². The molecule has 0 fully saturated rings. The van der Waals surface area contributed by atoms with Crippen molar-refractivity contribution >= 4 is 0 Å². The average Bonchev–Trinajstić information content (AvgIpc) is 2.75. The van der Waals surface area contributed by atoms with Crippen molar-refractivity contribution in [2.75, 3.05) is 6.54 Å². The fourth-order valence-electron chi connectivity index (χ4n) is 2.17. The molecule has 0 spiro atoms. The molecule has 4 heteroatoms. The van der Waals surface area contributed by atoms with Crippen molar-refractivity contribution in [1.82, 2.24) is 19.4 Å². The summed E-state index contributed by atoms with van der Waals surface area (Å²) in [6.07, 6.45) is 5.69. The van der Waals surface area contributed by atoms with Gasteiger partial charge in [-0.1, -0.05) is 19.9 Å². The summed E-state index contributed by atoms with van der Waals surface area (Å²) < 4.78 is 2.08. The van der Waals surface area contributed by atoms with Crippen molar-refractivity contribution in [2.45, 2.75) is 26.9 Å². The van der Waals surface area contributed by atoms with Crippen LogP contribution in [0.15, 0.2) is 36.8 Å². The molecule has 19 heavy (non-hydrogen) atoms. The maximum atomic E-state index is 4.41. The van der Waals surface area contributed by atoms with Crippen molar-refractivity contribution in [3.63, 3.8) is 0 Å². The number of aryl methyl sites for hydroxylation is 1. The second-order valence-electron chi connectivity index (χ2n) is 5.34. The van der Waals surface area contributed by atoms with Gasteiger partial charge in [0.15, 0.2) is 0 Å². The molecule has 2 aromatic heterocycles. The molecule has 0 aromatic carbocycles. The largest absolute Gasteiger partial charge is 0.337 e. The van der Waals surface area contributed by atoms with Crippen molar-refractivity contribution < 1.29 is 0 Å². The number of hydrogen-bond acceptors (Lipinski definition) is 3. The molecule has 0 saturated carbocycles. The Labute approximate surface area is 115 Å². The van der Waals surface area contributed by atoms with E-state index < -0.39 is 0 Å². The van der Waals surface area contributed by atoms with E-state index in [4.69, 9.17) is 0 Å². The van der Waals surface area contributed by atoms with E-state index in [1.807, 2.05) is 37.8 Å². The lowest BCUT2D eigenvalue weighted by molar-refractivity contribution is 0.218. The summed E-state index contributed by atoms with van der Waals surface area (Å²) in [5.74, 6) is 1.72. The molecule has 2 heterocycles. The Bertz CT molecular complexity index is 490. The van der Waals surface area contributed by atoms with E-state index >= 15 is 0 Å². The maximum absolute atomic E-state index is 4.41. The quantitative estimate of drug-likeness (QED) is 0.798. The third-order valence-electron chi connectivity index (χ3n) is 3.02. The van der Waals surface area contributed by atoms with Gasteiger partial charge in [-0.25, -0.2) is 4.98 Å². The first-order valence-electron chi connectivity index (χ1n) is 6.73. The molecule has 0 atom stereocenters. The Hall–Kier alpha value is -1.68. The highest BCUT2D eigenvalue weighted by molar-refractivity contribution is 5.03. The van der Waals surface area contributed by atoms with Gasteiger partial charge in [0.1, 0.15) is 5.82 Å². The zero-order valence-electron chi connectivity index (χ0n) is 12.0. The second-order valence-corrected chi connectivity index (χ2v) is 5.34.